The standard InChI is InChI=1S/C28H24N2O4S/c1-17-27(22-14-13-20(32-3)15-26(22)33-4)30-28(35-17)29-23-16-25(18-9-11-19(31-2)12-10-18)34-24-8-6-5-7-21(23)24/h5-16H,1-4H3/b29-23+. The quantitative estimate of drug-likeness (QED) is 0.265. The van der Waals surface area contributed by atoms with Crippen molar-refractivity contribution >= 4 is 27.4 Å². The first-order valence-corrected chi connectivity index (χ1v) is 11.8. The van der Waals surface area contributed by atoms with E-state index in [-0.39, 0.29) is 0 Å². The molecule has 7 heteroatoms. The molecule has 35 heavy (non-hydrogen) atoms. The van der Waals surface area contributed by atoms with Crippen LogP contribution in [0.4, 0.5) is 5.13 Å². The van der Waals surface area contributed by atoms with Crippen molar-refractivity contribution in [3.8, 4) is 39.8 Å². The molecule has 5 rings (SSSR count). The maximum atomic E-state index is 6.20. The maximum absolute atomic E-state index is 6.20. The summed E-state index contributed by atoms with van der Waals surface area (Å²) in [4.78, 5) is 10.8. The summed E-state index contributed by atoms with van der Waals surface area (Å²) in [6.07, 6.45) is 0. The topological polar surface area (TPSA) is 66.1 Å². The molecule has 176 valence electrons. The van der Waals surface area contributed by atoms with E-state index in [0.29, 0.717) is 10.9 Å². The molecule has 2 aromatic heterocycles. The summed E-state index contributed by atoms with van der Waals surface area (Å²) in [5, 5.41) is 2.37. The van der Waals surface area contributed by atoms with Gasteiger partial charge in [-0.25, -0.2) is 9.98 Å². The lowest BCUT2D eigenvalue weighted by Gasteiger charge is -2.09. The van der Waals surface area contributed by atoms with E-state index in [4.69, 9.17) is 28.6 Å². The van der Waals surface area contributed by atoms with Crippen molar-refractivity contribution in [3.63, 3.8) is 0 Å². The molecule has 5 aromatic rings. The second-order valence-corrected chi connectivity index (χ2v) is 8.98. The largest absolute Gasteiger partial charge is 0.497 e. The van der Waals surface area contributed by atoms with Crippen LogP contribution in [0.25, 0.3) is 33.6 Å². The molecule has 0 atom stereocenters. The van der Waals surface area contributed by atoms with Crippen LogP contribution in [0.3, 0.4) is 0 Å². The Morgan fingerprint density at radius 1 is 0.829 bits per heavy atom. The Morgan fingerprint density at radius 3 is 2.31 bits per heavy atom. The zero-order valence-corrected chi connectivity index (χ0v) is 20.7. The maximum Gasteiger partial charge on any atom is 0.210 e. The summed E-state index contributed by atoms with van der Waals surface area (Å²) in [5.74, 6) is 2.94. The fourth-order valence-electron chi connectivity index (χ4n) is 3.88. The van der Waals surface area contributed by atoms with Gasteiger partial charge in [-0.2, -0.15) is 0 Å². The predicted molar refractivity (Wildman–Crippen MR) is 139 cm³/mol. The minimum Gasteiger partial charge on any atom is -0.497 e. The molecule has 0 amide bonds. The highest BCUT2D eigenvalue weighted by molar-refractivity contribution is 7.15. The van der Waals surface area contributed by atoms with Gasteiger partial charge in [-0.15, -0.1) is 0 Å². The van der Waals surface area contributed by atoms with Gasteiger partial charge in [-0.05, 0) is 55.5 Å². The molecular weight excluding hydrogens is 460 g/mol. The van der Waals surface area contributed by atoms with E-state index in [0.717, 1.165) is 55.3 Å². The zero-order chi connectivity index (χ0) is 24.4. The van der Waals surface area contributed by atoms with Crippen LogP contribution < -0.4 is 19.6 Å². The second-order valence-electron chi connectivity index (χ2n) is 7.80. The van der Waals surface area contributed by atoms with Crippen LogP contribution in [0.5, 0.6) is 17.2 Å². The van der Waals surface area contributed by atoms with E-state index in [1.165, 1.54) is 11.3 Å². The van der Waals surface area contributed by atoms with Crippen molar-refractivity contribution in [2.75, 3.05) is 21.3 Å². The van der Waals surface area contributed by atoms with Crippen molar-refractivity contribution in [2.45, 2.75) is 6.92 Å². The number of hydrogen-bond acceptors (Lipinski definition) is 7. The molecule has 0 fully saturated rings. The Bertz CT molecular complexity index is 1570. The first-order valence-electron chi connectivity index (χ1n) is 11.0. The molecule has 0 aliphatic carbocycles. The van der Waals surface area contributed by atoms with Gasteiger partial charge in [0.15, 0.2) is 0 Å². The summed E-state index contributed by atoms with van der Waals surface area (Å²) >= 11 is 1.54. The van der Waals surface area contributed by atoms with E-state index in [9.17, 15) is 0 Å². The highest BCUT2D eigenvalue weighted by atomic mass is 32.1. The number of thiazole rings is 1. The van der Waals surface area contributed by atoms with E-state index in [2.05, 4.69) is 0 Å². The van der Waals surface area contributed by atoms with Gasteiger partial charge < -0.3 is 18.6 Å². The summed E-state index contributed by atoms with van der Waals surface area (Å²) in [7, 11) is 4.93. The smallest absolute Gasteiger partial charge is 0.210 e. The van der Waals surface area contributed by atoms with Crippen molar-refractivity contribution in [1.29, 1.82) is 0 Å². The highest BCUT2D eigenvalue weighted by Crippen LogP contribution is 2.38. The van der Waals surface area contributed by atoms with Gasteiger partial charge in [0.25, 0.3) is 0 Å². The number of aromatic nitrogens is 1. The van der Waals surface area contributed by atoms with E-state index in [1.807, 2.05) is 79.7 Å². The summed E-state index contributed by atoms with van der Waals surface area (Å²) in [6, 6.07) is 23.3. The van der Waals surface area contributed by atoms with E-state index in [1.54, 1.807) is 21.3 Å². The van der Waals surface area contributed by atoms with Crippen LogP contribution >= 0.6 is 11.3 Å². The van der Waals surface area contributed by atoms with Gasteiger partial charge in [0, 0.05) is 33.5 Å². The lowest BCUT2D eigenvalue weighted by Crippen LogP contribution is -2.03. The molecule has 0 saturated heterocycles. The minimum atomic E-state index is 0.660. The molecule has 0 aliphatic rings. The first-order chi connectivity index (χ1) is 17.1. The van der Waals surface area contributed by atoms with Crippen LogP contribution in [0.15, 0.2) is 82.2 Å². The van der Waals surface area contributed by atoms with Crippen LogP contribution in [0.1, 0.15) is 4.88 Å². The van der Waals surface area contributed by atoms with Crippen molar-refractivity contribution in [3.05, 3.63) is 83.0 Å². The minimum absolute atomic E-state index is 0.660. The first kappa shape index (κ1) is 22.7. The molecule has 0 N–H and O–H groups in total. The average molecular weight is 485 g/mol. The normalized spacial score (nSPS) is 11.6. The summed E-state index contributed by atoms with van der Waals surface area (Å²) in [5.41, 5.74) is 3.43. The molecule has 0 bridgehead atoms. The number of nitrogens with zero attached hydrogens (tertiary/aromatic N) is 2. The molecule has 0 radical (unpaired) electrons. The van der Waals surface area contributed by atoms with E-state index >= 15 is 0 Å². The van der Waals surface area contributed by atoms with Crippen LogP contribution in [0, 0.1) is 6.92 Å². The average Bonchev–Trinajstić information content (AvgIpc) is 3.27. The summed E-state index contributed by atoms with van der Waals surface area (Å²) in [6.45, 7) is 2.04. The lowest BCUT2D eigenvalue weighted by molar-refractivity contribution is 0.395. The Kier molecular flexibility index (Phi) is 6.25. The van der Waals surface area contributed by atoms with Crippen molar-refractivity contribution in [2.24, 2.45) is 4.99 Å². The molecule has 2 heterocycles. The van der Waals surface area contributed by atoms with Gasteiger partial charge >= 0.3 is 0 Å². The zero-order valence-electron chi connectivity index (χ0n) is 19.9. The fourth-order valence-corrected chi connectivity index (χ4v) is 4.69. The molecule has 0 saturated carbocycles. The Morgan fingerprint density at radius 2 is 1.57 bits per heavy atom. The van der Waals surface area contributed by atoms with E-state index < -0.39 is 0 Å². The highest BCUT2D eigenvalue weighted by Gasteiger charge is 2.15. The monoisotopic (exact) mass is 484 g/mol. The van der Waals surface area contributed by atoms with Gasteiger partial charge in [0.05, 0.1) is 32.4 Å². The lowest BCUT2D eigenvalue weighted by atomic mass is 10.1. The summed E-state index contributed by atoms with van der Waals surface area (Å²) < 4.78 is 22.4. The molecule has 0 unspecified atom stereocenters. The molecule has 6 nitrogen and oxygen atoms in total. The third-order valence-corrected chi connectivity index (χ3v) is 6.56. The van der Waals surface area contributed by atoms with Gasteiger partial charge in [0.2, 0.25) is 5.13 Å². The Labute approximate surface area is 207 Å². The van der Waals surface area contributed by atoms with Crippen molar-refractivity contribution in [1.82, 2.24) is 4.98 Å². The third kappa shape index (κ3) is 4.50. The number of aryl methyl sites for hydroxylation is 1. The predicted octanol–water partition coefficient (Wildman–Crippen LogP) is 6.79. The number of benzene rings is 3. The van der Waals surface area contributed by atoms with Gasteiger partial charge in [-0.3, -0.25) is 0 Å². The molecular formula is C28H24N2O4S. The van der Waals surface area contributed by atoms with Crippen LogP contribution in [-0.4, -0.2) is 26.3 Å². The van der Waals surface area contributed by atoms with Gasteiger partial charge in [-0.1, -0.05) is 23.5 Å². The van der Waals surface area contributed by atoms with Gasteiger partial charge in [0.1, 0.15) is 28.6 Å². The molecule has 0 spiro atoms. The van der Waals surface area contributed by atoms with Crippen LogP contribution in [-0.2, 0) is 0 Å². The Balaban J connectivity index is 1.64. The van der Waals surface area contributed by atoms with Crippen molar-refractivity contribution < 1.29 is 18.6 Å². The number of methoxy groups -OCH3 is 3. The fraction of sp³-hybridized carbons (Fsp3) is 0.143. The molecule has 0 aliphatic heterocycles. The second kappa shape index (κ2) is 9.64. The number of para-hydroxylation sites is 1. The molecule has 3 aromatic carbocycles. The SMILES string of the molecule is COc1ccc(-c2c/c(=N\c3nc(-c4ccc(OC)cc4OC)c(C)s3)c3ccccc3o2)cc1. The van der Waals surface area contributed by atoms with Crippen LogP contribution in [0.2, 0.25) is 0 Å². The Hall–Kier alpha value is -4.10. The number of ether oxygens (including phenoxy) is 3. The third-order valence-electron chi connectivity index (χ3n) is 5.69. The number of rotatable bonds is 6. The number of fused-ring (bicyclic) bond motifs is 1. The number of hydrogen-bond donors (Lipinski definition) is 0.